The summed E-state index contributed by atoms with van der Waals surface area (Å²) in [6.45, 7) is 1.97. The number of hydrogen-bond acceptors (Lipinski definition) is 1. The Morgan fingerprint density at radius 2 is 1.77 bits per heavy atom. The highest BCUT2D eigenvalue weighted by molar-refractivity contribution is 6.50. The normalized spacial score (nSPS) is 10.7. The molecule has 0 aliphatic rings. The standard InChI is InChI=1S/C5H10N3.BF4/c1-5-4-7(2)8(3)6-5;2-1(3,4)5/h4H,1-3H3;/q+1;-1. The Bertz CT molecular complexity index is 244. The zero-order chi connectivity index (χ0) is 10.6. The summed E-state index contributed by atoms with van der Waals surface area (Å²) in [5.74, 6) is 0. The van der Waals surface area contributed by atoms with Crippen molar-refractivity contribution < 1.29 is 21.9 Å². The van der Waals surface area contributed by atoms with Crippen LogP contribution in [0.2, 0.25) is 0 Å². The van der Waals surface area contributed by atoms with E-state index in [0.29, 0.717) is 0 Å². The Hall–Kier alpha value is -1.08. The molecular weight excluding hydrogens is 189 g/mol. The molecule has 1 aromatic rings. The molecule has 0 aliphatic heterocycles. The lowest BCUT2D eigenvalue weighted by Gasteiger charge is -1.94. The second-order valence-corrected chi connectivity index (χ2v) is 2.43. The highest BCUT2D eigenvalue weighted by Gasteiger charge is 2.20. The zero-order valence-corrected chi connectivity index (χ0v) is 7.51. The number of aryl methyl sites for hydroxylation is 3. The van der Waals surface area contributed by atoms with Crippen LogP contribution in [0.3, 0.4) is 0 Å². The minimum Gasteiger partial charge on any atom is -0.418 e. The van der Waals surface area contributed by atoms with Crippen LogP contribution in [0.5, 0.6) is 0 Å². The lowest BCUT2D eigenvalue weighted by atomic mass is 10.3. The molecular formula is C5H10BF4N3. The van der Waals surface area contributed by atoms with Gasteiger partial charge in [-0.1, -0.05) is 0 Å². The third-order valence-electron chi connectivity index (χ3n) is 1.13. The summed E-state index contributed by atoms with van der Waals surface area (Å²) >= 11 is 0. The molecule has 8 heteroatoms. The van der Waals surface area contributed by atoms with E-state index in [1.807, 2.05) is 31.9 Å². The summed E-state index contributed by atoms with van der Waals surface area (Å²) in [6, 6.07) is 0. The maximum absolute atomic E-state index is 9.75. The Labute approximate surface area is 73.1 Å². The Balaban J connectivity index is 0.000000252. The van der Waals surface area contributed by atoms with Crippen molar-refractivity contribution in [2.24, 2.45) is 14.1 Å². The van der Waals surface area contributed by atoms with Gasteiger partial charge in [-0.05, 0) is 4.80 Å². The summed E-state index contributed by atoms with van der Waals surface area (Å²) in [4.78, 5) is 1.79. The molecule has 1 heterocycles. The van der Waals surface area contributed by atoms with Gasteiger partial charge in [0.25, 0.3) is 0 Å². The molecule has 0 atom stereocenters. The number of hydrogen-bond donors (Lipinski definition) is 0. The second kappa shape index (κ2) is 4.24. The number of aromatic nitrogens is 3. The van der Waals surface area contributed by atoms with Crippen LogP contribution in [0, 0.1) is 6.92 Å². The SMILES string of the molecule is Cc1c[n+](C)n(C)n1.F[B-](F)(F)F. The molecule has 0 saturated carbocycles. The van der Waals surface area contributed by atoms with Crippen LogP contribution < -0.4 is 4.68 Å². The van der Waals surface area contributed by atoms with Crippen LogP contribution in [0.1, 0.15) is 5.69 Å². The van der Waals surface area contributed by atoms with Gasteiger partial charge in [-0.3, -0.25) is 0 Å². The van der Waals surface area contributed by atoms with E-state index in [-0.39, 0.29) is 0 Å². The molecule has 76 valence electrons. The number of nitrogens with zero attached hydrogens (tertiary/aromatic N) is 3. The van der Waals surface area contributed by atoms with Crippen molar-refractivity contribution in [1.82, 2.24) is 9.90 Å². The van der Waals surface area contributed by atoms with Gasteiger partial charge in [0.05, 0.1) is 7.05 Å². The fourth-order valence-corrected chi connectivity index (χ4v) is 0.679. The van der Waals surface area contributed by atoms with Gasteiger partial charge in [0, 0.05) is 12.0 Å². The highest BCUT2D eigenvalue weighted by atomic mass is 19.5. The molecule has 0 saturated heterocycles. The smallest absolute Gasteiger partial charge is 0.418 e. The first-order valence-electron chi connectivity index (χ1n) is 3.44. The van der Waals surface area contributed by atoms with E-state index in [1.54, 1.807) is 4.80 Å². The van der Waals surface area contributed by atoms with E-state index >= 15 is 0 Å². The molecule has 0 radical (unpaired) electrons. The topological polar surface area (TPSA) is 21.7 Å². The maximum atomic E-state index is 9.75. The van der Waals surface area contributed by atoms with Crippen LogP contribution in [0.15, 0.2) is 6.20 Å². The first-order chi connectivity index (χ1) is 5.70. The average Bonchev–Trinajstić information content (AvgIpc) is 2.05. The van der Waals surface area contributed by atoms with E-state index in [2.05, 4.69) is 5.10 Å². The van der Waals surface area contributed by atoms with Crippen LogP contribution in [-0.2, 0) is 14.1 Å². The van der Waals surface area contributed by atoms with Crippen molar-refractivity contribution in [2.45, 2.75) is 6.92 Å². The maximum Gasteiger partial charge on any atom is 0.673 e. The van der Waals surface area contributed by atoms with Crippen molar-refractivity contribution >= 4 is 7.25 Å². The Kier molecular flexibility index (Phi) is 3.89. The third-order valence-corrected chi connectivity index (χ3v) is 1.13. The van der Waals surface area contributed by atoms with Crippen molar-refractivity contribution in [2.75, 3.05) is 0 Å². The molecule has 0 N–H and O–H groups in total. The van der Waals surface area contributed by atoms with Crippen LogP contribution in [-0.4, -0.2) is 17.1 Å². The predicted octanol–water partition coefficient (Wildman–Crippen LogP) is 0.853. The van der Waals surface area contributed by atoms with Gasteiger partial charge in [-0.25, -0.2) is 0 Å². The molecule has 0 fully saturated rings. The van der Waals surface area contributed by atoms with Crippen molar-refractivity contribution in [1.29, 1.82) is 0 Å². The van der Waals surface area contributed by atoms with Gasteiger partial charge in [-0.15, -0.1) is 0 Å². The first kappa shape index (κ1) is 11.9. The minimum atomic E-state index is -6.00. The molecule has 0 aliphatic carbocycles. The van der Waals surface area contributed by atoms with Gasteiger partial charge >= 0.3 is 7.25 Å². The summed E-state index contributed by atoms with van der Waals surface area (Å²) in [5, 5.41) is 4.09. The summed E-state index contributed by atoms with van der Waals surface area (Å²) in [7, 11) is -2.13. The molecule has 0 amide bonds. The summed E-state index contributed by atoms with van der Waals surface area (Å²) < 4.78 is 40.9. The van der Waals surface area contributed by atoms with E-state index < -0.39 is 7.25 Å². The molecule has 0 bridgehead atoms. The number of rotatable bonds is 0. The summed E-state index contributed by atoms with van der Waals surface area (Å²) in [5.41, 5.74) is 1.05. The molecule has 3 nitrogen and oxygen atoms in total. The van der Waals surface area contributed by atoms with Gasteiger partial charge in [0.15, 0.2) is 6.20 Å². The van der Waals surface area contributed by atoms with E-state index in [9.17, 15) is 17.3 Å². The fourth-order valence-electron chi connectivity index (χ4n) is 0.679. The minimum absolute atomic E-state index is 1.05. The summed E-state index contributed by atoms with van der Waals surface area (Å²) in [6.07, 6.45) is 1.97. The van der Waals surface area contributed by atoms with Gasteiger partial charge in [-0.2, -0.15) is 4.68 Å². The monoisotopic (exact) mass is 199 g/mol. The molecule has 0 unspecified atom stereocenters. The first-order valence-corrected chi connectivity index (χ1v) is 3.44. The van der Waals surface area contributed by atoms with E-state index in [4.69, 9.17) is 0 Å². The Morgan fingerprint density at radius 1 is 1.38 bits per heavy atom. The largest absolute Gasteiger partial charge is 0.673 e. The quantitative estimate of drug-likeness (QED) is 0.345. The molecule has 1 aromatic heterocycles. The van der Waals surface area contributed by atoms with E-state index in [1.165, 1.54) is 0 Å². The fraction of sp³-hybridized carbons (Fsp3) is 0.600. The van der Waals surface area contributed by atoms with E-state index in [0.717, 1.165) is 5.69 Å². The van der Waals surface area contributed by atoms with Gasteiger partial charge in [0.1, 0.15) is 7.05 Å². The van der Waals surface area contributed by atoms with Crippen molar-refractivity contribution in [3.63, 3.8) is 0 Å². The predicted molar refractivity (Wildman–Crippen MR) is 39.3 cm³/mol. The third kappa shape index (κ3) is 7.29. The van der Waals surface area contributed by atoms with Crippen molar-refractivity contribution in [3.05, 3.63) is 11.9 Å². The highest BCUT2D eigenvalue weighted by Crippen LogP contribution is 2.06. The molecule has 0 aromatic carbocycles. The number of halogens is 4. The average molecular weight is 199 g/mol. The lowest BCUT2D eigenvalue weighted by molar-refractivity contribution is -0.755. The van der Waals surface area contributed by atoms with Crippen LogP contribution >= 0.6 is 0 Å². The van der Waals surface area contributed by atoms with Crippen LogP contribution in [0.4, 0.5) is 17.3 Å². The van der Waals surface area contributed by atoms with Crippen LogP contribution in [0.25, 0.3) is 0 Å². The van der Waals surface area contributed by atoms with Crippen molar-refractivity contribution in [3.8, 4) is 0 Å². The molecule has 0 spiro atoms. The lowest BCUT2D eigenvalue weighted by Crippen LogP contribution is -2.36. The zero-order valence-electron chi connectivity index (χ0n) is 7.51. The Morgan fingerprint density at radius 3 is 1.85 bits per heavy atom. The van der Waals surface area contributed by atoms with Gasteiger partial charge < -0.3 is 17.3 Å². The second-order valence-electron chi connectivity index (χ2n) is 2.43. The molecule has 1 rings (SSSR count). The van der Waals surface area contributed by atoms with Gasteiger partial charge in [0.2, 0.25) is 5.69 Å². The molecule has 13 heavy (non-hydrogen) atoms.